The summed E-state index contributed by atoms with van der Waals surface area (Å²) < 4.78 is 11.3. The second-order valence-corrected chi connectivity index (χ2v) is 6.58. The van der Waals surface area contributed by atoms with Crippen molar-refractivity contribution in [2.45, 2.75) is 19.4 Å². The van der Waals surface area contributed by atoms with Gasteiger partial charge in [0.15, 0.2) is 11.5 Å². The summed E-state index contributed by atoms with van der Waals surface area (Å²) in [6, 6.07) is 15.6. The third kappa shape index (κ3) is 4.78. The van der Waals surface area contributed by atoms with Crippen LogP contribution >= 0.6 is 0 Å². The number of likely N-dealkylation sites (tertiary alicyclic amines) is 1. The first-order valence-electron chi connectivity index (χ1n) is 8.91. The number of methoxy groups -OCH3 is 1. The van der Waals surface area contributed by atoms with E-state index in [1.54, 1.807) is 12.0 Å². The molecular formula is C21H23NO5. The molecule has 6 heteroatoms. The maximum Gasteiger partial charge on any atom is 0.308 e. The number of benzene rings is 2. The molecule has 142 valence electrons. The van der Waals surface area contributed by atoms with Crippen molar-refractivity contribution in [3.05, 3.63) is 59.7 Å². The van der Waals surface area contributed by atoms with E-state index in [4.69, 9.17) is 14.6 Å². The third-order valence-corrected chi connectivity index (χ3v) is 4.66. The van der Waals surface area contributed by atoms with Crippen molar-refractivity contribution in [1.82, 2.24) is 4.90 Å². The number of aliphatic carboxylic acids is 1. The summed E-state index contributed by atoms with van der Waals surface area (Å²) in [5.74, 6) is -0.439. The molecule has 1 saturated heterocycles. The van der Waals surface area contributed by atoms with Gasteiger partial charge >= 0.3 is 5.97 Å². The van der Waals surface area contributed by atoms with Crippen LogP contribution in [-0.4, -0.2) is 42.1 Å². The highest BCUT2D eigenvalue weighted by Gasteiger charge is 2.34. The molecule has 27 heavy (non-hydrogen) atoms. The number of amides is 1. The zero-order chi connectivity index (χ0) is 19.2. The van der Waals surface area contributed by atoms with E-state index < -0.39 is 11.9 Å². The summed E-state index contributed by atoms with van der Waals surface area (Å²) in [7, 11) is 1.57. The van der Waals surface area contributed by atoms with Crippen LogP contribution in [0.1, 0.15) is 17.5 Å². The van der Waals surface area contributed by atoms with Crippen molar-refractivity contribution >= 4 is 11.9 Å². The van der Waals surface area contributed by atoms with Crippen LogP contribution in [0.2, 0.25) is 0 Å². The molecule has 2 aromatic carbocycles. The Morgan fingerprint density at radius 2 is 1.93 bits per heavy atom. The van der Waals surface area contributed by atoms with Crippen LogP contribution in [-0.2, 0) is 22.6 Å². The lowest BCUT2D eigenvalue weighted by Gasteiger charge is -2.18. The van der Waals surface area contributed by atoms with E-state index in [-0.39, 0.29) is 18.9 Å². The largest absolute Gasteiger partial charge is 0.493 e. The van der Waals surface area contributed by atoms with Gasteiger partial charge in [0.05, 0.1) is 19.6 Å². The highest BCUT2D eigenvalue weighted by Crippen LogP contribution is 2.30. The summed E-state index contributed by atoms with van der Waals surface area (Å²) in [5, 5.41) is 9.08. The van der Waals surface area contributed by atoms with Gasteiger partial charge < -0.3 is 19.5 Å². The number of carbonyl (C=O) groups excluding carboxylic acids is 1. The van der Waals surface area contributed by atoms with Crippen molar-refractivity contribution in [2.24, 2.45) is 5.92 Å². The monoisotopic (exact) mass is 369 g/mol. The molecule has 0 aromatic heterocycles. The van der Waals surface area contributed by atoms with Crippen LogP contribution in [0.4, 0.5) is 0 Å². The molecule has 0 saturated carbocycles. The maximum absolute atomic E-state index is 12.0. The van der Waals surface area contributed by atoms with Gasteiger partial charge in [-0.1, -0.05) is 36.4 Å². The number of rotatable bonds is 8. The van der Waals surface area contributed by atoms with Gasteiger partial charge in [-0.3, -0.25) is 9.59 Å². The average molecular weight is 369 g/mol. The molecule has 0 aliphatic carbocycles. The topological polar surface area (TPSA) is 76.1 Å². The minimum absolute atomic E-state index is 0.0626. The number of carbonyl (C=O) groups is 2. The van der Waals surface area contributed by atoms with Crippen molar-refractivity contribution in [2.75, 3.05) is 20.3 Å². The van der Waals surface area contributed by atoms with E-state index in [1.165, 1.54) is 5.56 Å². The summed E-state index contributed by atoms with van der Waals surface area (Å²) in [6.45, 7) is 1.14. The number of nitrogens with zero attached hydrogens (tertiary/aromatic N) is 1. The van der Waals surface area contributed by atoms with Gasteiger partial charge in [0, 0.05) is 25.9 Å². The Morgan fingerprint density at radius 1 is 1.15 bits per heavy atom. The number of hydrogen-bond acceptors (Lipinski definition) is 4. The van der Waals surface area contributed by atoms with E-state index in [2.05, 4.69) is 12.1 Å². The number of carboxylic acid groups (broad SMARTS) is 1. The molecule has 1 N–H and O–H groups in total. The standard InChI is InChI=1S/C21H23NO5/c1-26-19-11-16(13-22-14-17(21(24)25)12-20(22)23)7-8-18(19)27-10-9-15-5-3-2-4-6-15/h2-8,11,17H,9-10,12-14H2,1H3,(H,24,25). The minimum atomic E-state index is -0.925. The Balaban J connectivity index is 1.60. The van der Waals surface area contributed by atoms with Crippen molar-refractivity contribution in [1.29, 1.82) is 0 Å². The smallest absolute Gasteiger partial charge is 0.308 e. The van der Waals surface area contributed by atoms with Gasteiger partial charge in [0.1, 0.15) is 0 Å². The summed E-state index contributed by atoms with van der Waals surface area (Å²) >= 11 is 0. The Kier molecular flexibility index (Phi) is 5.96. The molecule has 0 radical (unpaired) electrons. The molecule has 1 aliphatic rings. The molecule has 1 unspecified atom stereocenters. The molecular weight excluding hydrogens is 346 g/mol. The predicted octanol–water partition coefficient (Wildman–Crippen LogP) is 2.75. The van der Waals surface area contributed by atoms with Crippen LogP contribution in [0.15, 0.2) is 48.5 Å². The molecule has 6 nitrogen and oxygen atoms in total. The average Bonchev–Trinajstić information content (AvgIpc) is 3.04. The molecule has 3 rings (SSSR count). The third-order valence-electron chi connectivity index (χ3n) is 4.66. The molecule has 1 atom stereocenters. The number of ether oxygens (including phenoxy) is 2. The van der Waals surface area contributed by atoms with Crippen LogP contribution in [0.25, 0.3) is 0 Å². The van der Waals surface area contributed by atoms with Crippen LogP contribution in [0.5, 0.6) is 11.5 Å². The quantitative estimate of drug-likeness (QED) is 0.774. The van der Waals surface area contributed by atoms with Crippen molar-refractivity contribution in [3.8, 4) is 11.5 Å². The van der Waals surface area contributed by atoms with Crippen molar-refractivity contribution < 1.29 is 24.2 Å². The van der Waals surface area contributed by atoms with Gasteiger partial charge in [0.2, 0.25) is 5.91 Å². The van der Waals surface area contributed by atoms with E-state index in [0.29, 0.717) is 24.7 Å². The zero-order valence-corrected chi connectivity index (χ0v) is 15.3. The first kappa shape index (κ1) is 18.8. The number of hydrogen-bond donors (Lipinski definition) is 1. The molecule has 1 fully saturated rings. The summed E-state index contributed by atoms with van der Waals surface area (Å²) in [6.07, 6.45) is 0.859. The fourth-order valence-electron chi connectivity index (χ4n) is 3.16. The van der Waals surface area contributed by atoms with Crippen molar-refractivity contribution in [3.63, 3.8) is 0 Å². The Hall–Kier alpha value is -3.02. The molecule has 1 heterocycles. The minimum Gasteiger partial charge on any atom is -0.493 e. The fraction of sp³-hybridized carbons (Fsp3) is 0.333. The van der Waals surface area contributed by atoms with E-state index in [0.717, 1.165) is 12.0 Å². The normalized spacial score (nSPS) is 16.4. The number of carboxylic acids is 1. The predicted molar refractivity (Wildman–Crippen MR) is 99.8 cm³/mol. The first-order valence-corrected chi connectivity index (χ1v) is 8.91. The highest BCUT2D eigenvalue weighted by molar-refractivity contribution is 5.86. The molecule has 2 aromatic rings. The van der Waals surface area contributed by atoms with Crippen LogP contribution < -0.4 is 9.47 Å². The first-order chi connectivity index (χ1) is 13.1. The second kappa shape index (κ2) is 8.58. The lowest BCUT2D eigenvalue weighted by Crippen LogP contribution is -2.25. The van der Waals surface area contributed by atoms with Gasteiger partial charge in [-0.2, -0.15) is 0 Å². The fourth-order valence-corrected chi connectivity index (χ4v) is 3.16. The van der Waals surface area contributed by atoms with E-state index in [9.17, 15) is 9.59 Å². The Bertz CT molecular complexity index is 805. The van der Waals surface area contributed by atoms with Gasteiger partial charge in [-0.25, -0.2) is 0 Å². The lowest BCUT2D eigenvalue weighted by molar-refractivity contribution is -0.141. The SMILES string of the molecule is COc1cc(CN2CC(C(=O)O)CC2=O)ccc1OCCc1ccccc1. The lowest BCUT2D eigenvalue weighted by atomic mass is 10.1. The summed E-state index contributed by atoms with van der Waals surface area (Å²) in [4.78, 5) is 24.6. The zero-order valence-electron chi connectivity index (χ0n) is 15.3. The van der Waals surface area contributed by atoms with Crippen LogP contribution in [0, 0.1) is 5.92 Å². The van der Waals surface area contributed by atoms with E-state index in [1.807, 2.05) is 36.4 Å². The van der Waals surface area contributed by atoms with Gasteiger partial charge in [-0.15, -0.1) is 0 Å². The summed E-state index contributed by atoms with van der Waals surface area (Å²) in [5.41, 5.74) is 2.08. The maximum atomic E-state index is 12.0. The highest BCUT2D eigenvalue weighted by atomic mass is 16.5. The Morgan fingerprint density at radius 3 is 2.59 bits per heavy atom. The second-order valence-electron chi connectivity index (χ2n) is 6.58. The van der Waals surface area contributed by atoms with E-state index >= 15 is 0 Å². The van der Waals surface area contributed by atoms with Gasteiger partial charge in [-0.05, 0) is 23.3 Å². The molecule has 0 spiro atoms. The van der Waals surface area contributed by atoms with Crippen LogP contribution in [0.3, 0.4) is 0 Å². The molecule has 1 amide bonds. The Labute approximate surface area is 158 Å². The molecule has 1 aliphatic heterocycles. The molecule has 0 bridgehead atoms. The van der Waals surface area contributed by atoms with Gasteiger partial charge in [0.25, 0.3) is 0 Å².